The van der Waals surface area contributed by atoms with E-state index in [2.05, 4.69) is 23.2 Å². The van der Waals surface area contributed by atoms with E-state index in [1.807, 2.05) is 20.8 Å². The highest BCUT2D eigenvalue weighted by molar-refractivity contribution is 5.82. The van der Waals surface area contributed by atoms with Gasteiger partial charge in [-0.25, -0.2) is 0 Å². The minimum Gasteiger partial charge on any atom is -0.336 e. The maximum absolute atomic E-state index is 12.3. The predicted molar refractivity (Wildman–Crippen MR) is 76.4 cm³/mol. The first-order chi connectivity index (χ1) is 8.80. The zero-order valence-electron chi connectivity index (χ0n) is 12.9. The third kappa shape index (κ3) is 3.94. The lowest BCUT2D eigenvalue weighted by atomic mass is 9.89. The number of carbonyl (C=O) groups is 1. The molecule has 0 radical (unpaired) electrons. The quantitative estimate of drug-likeness (QED) is 0.847. The minimum atomic E-state index is -0.785. The summed E-state index contributed by atoms with van der Waals surface area (Å²) in [4.78, 5) is 14.5. The average molecular weight is 265 g/mol. The van der Waals surface area contributed by atoms with Crippen molar-refractivity contribution < 1.29 is 4.79 Å². The summed E-state index contributed by atoms with van der Waals surface area (Å²) >= 11 is 0. The summed E-state index contributed by atoms with van der Waals surface area (Å²) in [5.74, 6) is 0.706. The van der Waals surface area contributed by atoms with Crippen LogP contribution in [0.2, 0.25) is 0 Å². The van der Waals surface area contributed by atoms with E-state index in [-0.39, 0.29) is 17.9 Å². The van der Waals surface area contributed by atoms with E-state index in [0.717, 1.165) is 19.5 Å². The Morgan fingerprint density at radius 3 is 2.58 bits per heavy atom. The Morgan fingerprint density at radius 2 is 2.11 bits per heavy atom. The Bertz CT molecular complexity index is 361. The first-order valence-electron chi connectivity index (χ1n) is 7.27. The van der Waals surface area contributed by atoms with Crippen LogP contribution in [0.1, 0.15) is 47.5 Å². The molecule has 108 valence electrons. The van der Waals surface area contributed by atoms with Gasteiger partial charge in [0.1, 0.15) is 5.54 Å². The fourth-order valence-electron chi connectivity index (χ4n) is 2.41. The van der Waals surface area contributed by atoms with Crippen molar-refractivity contribution in [1.29, 1.82) is 5.26 Å². The first kappa shape index (κ1) is 16.0. The molecule has 0 aromatic carbocycles. The van der Waals surface area contributed by atoms with Crippen molar-refractivity contribution in [3.05, 3.63) is 0 Å². The molecular formula is C15H27N3O. The van der Waals surface area contributed by atoms with Gasteiger partial charge in [-0.15, -0.1) is 0 Å². The Hall–Kier alpha value is -1.08. The zero-order chi connectivity index (χ0) is 14.6. The molecule has 0 aromatic heterocycles. The second-order valence-electron chi connectivity index (χ2n) is 6.38. The highest BCUT2D eigenvalue weighted by atomic mass is 16.2. The Kier molecular flexibility index (Phi) is 5.37. The SMILES string of the molecule is CC(C)[C@](C)(C#N)NC(=O)[C@H](C)N1CCC[C@@H](C)C1. The molecule has 0 unspecified atom stereocenters. The molecule has 0 spiro atoms. The number of likely N-dealkylation sites (tertiary alicyclic amines) is 1. The fourth-order valence-corrected chi connectivity index (χ4v) is 2.41. The lowest BCUT2D eigenvalue weighted by molar-refractivity contribution is -0.128. The summed E-state index contributed by atoms with van der Waals surface area (Å²) < 4.78 is 0. The van der Waals surface area contributed by atoms with E-state index in [4.69, 9.17) is 0 Å². The van der Waals surface area contributed by atoms with E-state index in [9.17, 15) is 10.1 Å². The van der Waals surface area contributed by atoms with E-state index in [1.165, 1.54) is 6.42 Å². The maximum Gasteiger partial charge on any atom is 0.238 e. The van der Waals surface area contributed by atoms with Crippen molar-refractivity contribution in [1.82, 2.24) is 10.2 Å². The second-order valence-corrected chi connectivity index (χ2v) is 6.38. The molecule has 0 aromatic rings. The number of nitriles is 1. The monoisotopic (exact) mass is 265 g/mol. The molecule has 1 fully saturated rings. The molecule has 1 amide bonds. The van der Waals surface area contributed by atoms with Gasteiger partial charge in [0.15, 0.2) is 0 Å². The van der Waals surface area contributed by atoms with Crippen LogP contribution in [0.25, 0.3) is 0 Å². The number of nitrogens with one attached hydrogen (secondary N) is 1. The third-order valence-corrected chi connectivity index (χ3v) is 4.39. The summed E-state index contributed by atoms with van der Waals surface area (Å²) in [6, 6.07) is 2.07. The van der Waals surface area contributed by atoms with Crippen LogP contribution in [0.4, 0.5) is 0 Å². The molecule has 1 rings (SSSR count). The Labute approximate surface area is 117 Å². The van der Waals surface area contributed by atoms with E-state index < -0.39 is 5.54 Å². The number of rotatable bonds is 4. The molecule has 1 N–H and O–H groups in total. The van der Waals surface area contributed by atoms with Crippen LogP contribution in [0.15, 0.2) is 0 Å². The molecule has 0 bridgehead atoms. The summed E-state index contributed by atoms with van der Waals surface area (Å²) in [6.07, 6.45) is 2.39. The van der Waals surface area contributed by atoms with E-state index in [1.54, 1.807) is 6.92 Å². The van der Waals surface area contributed by atoms with Crippen LogP contribution in [0, 0.1) is 23.2 Å². The van der Waals surface area contributed by atoms with Gasteiger partial charge in [0, 0.05) is 6.54 Å². The molecule has 3 atom stereocenters. The van der Waals surface area contributed by atoms with Crippen molar-refractivity contribution in [2.24, 2.45) is 11.8 Å². The summed E-state index contributed by atoms with van der Waals surface area (Å²) in [5, 5.41) is 12.2. The smallest absolute Gasteiger partial charge is 0.238 e. The van der Waals surface area contributed by atoms with Crippen molar-refractivity contribution in [2.45, 2.75) is 59.0 Å². The maximum atomic E-state index is 12.3. The standard InChI is InChI=1S/C15H27N3O/c1-11(2)15(5,10-16)17-14(19)13(4)18-8-6-7-12(3)9-18/h11-13H,6-9H2,1-5H3,(H,17,19)/t12-,13+,15+/m1/s1. The number of nitrogens with zero attached hydrogens (tertiary/aromatic N) is 2. The van der Waals surface area contributed by atoms with Crippen LogP contribution < -0.4 is 5.32 Å². The van der Waals surface area contributed by atoms with Crippen LogP contribution in [0.3, 0.4) is 0 Å². The average Bonchev–Trinajstić information content (AvgIpc) is 2.37. The topological polar surface area (TPSA) is 56.1 Å². The molecule has 1 saturated heterocycles. The number of piperidine rings is 1. The molecule has 1 heterocycles. The number of carbonyl (C=O) groups excluding carboxylic acids is 1. The molecular weight excluding hydrogens is 238 g/mol. The molecule has 0 aliphatic carbocycles. The second kappa shape index (κ2) is 6.38. The molecule has 19 heavy (non-hydrogen) atoms. The lowest BCUT2D eigenvalue weighted by Gasteiger charge is -2.36. The summed E-state index contributed by atoms with van der Waals surface area (Å²) in [6.45, 7) is 11.8. The molecule has 4 heteroatoms. The number of hydrogen-bond donors (Lipinski definition) is 1. The van der Waals surface area contributed by atoms with Gasteiger partial charge < -0.3 is 5.32 Å². The molecule has 4 nitrogen and oxygen atoms in total. The minimum absolute atomic E-state index is 0.0353. The first-order valence-corrected chi connectivity index (χ1v) is 7.27. The van der Waals surface area contributed by atoms with Crippen molar-refractivity contribution in [3.63, 3.8) is 0 Å². The fraction of sp³-hybridized carbons (Fsp3) is 0.867. The van der Waals surface area contributed by atoms with Gasteiger partial charge >= 0.3 is 0 Å². The van der Waals surface area contributed by atoms with Gasteiger partial charge in [-0.3, -0.25) is 9.69 Å². The van der Waals surface area contributed by atoms with Gasteiger partial charge in [0.25, 0.3) is 0 Å². The Morgan fingerprint density at radius 1 is 1.47 bits per heavy atom. The van der Waals surface area contributed by atoms with Crippen LogP contribution in [-0.4, -0.2) is 35.5 Å². The number of hydrogen-bond acceptors (Lipinski definition) is 3. The van der Waals surface area contributed by atoms with Crippen molar-refractivity contribution >= 4 is 5.91 Å². The highest BCUT2D eigenvalue weighted by Gasteiger charge is 2.33. The number of amides is 1. The summed E-state index contributed by atoms with van der Waals surface area (Å²) in [5.41, 5.74) is -0.785. The summed E-state index contributed by atoms with van der Waals surface area (Å²) in [7, 11) is 0. The van der Waals surface area contributed by atoms with Crippen molar-refractivity contribution in [3.8, 4) is 6.07 Å². The molecule has 1 aliphatic heterocycles. The van der Waals surface area contributed by atoms with Gasteiger partial charge in [0.2, 0.25) is 5.91 Å². The predicted octanol–water partition coefficient (Wildman–Crippen LogP) is 2.16. The van der Waals surface area contributed by atoms with Crippen molar-refractivity contribution in [2.75, 3.05) is 13.1 Å². The normalized spacial score (nSPS) is 25.4. The lowest BCUT2D eigenvalue weighted by Crippen LogP contribution is -2.56. The van der Waals surface area contributed by atoms with E-state index >= 15 is 0 Å². The largest absolute Gasteiger partial charge is 0.336 e. The third-order valence-electron chi connectivity index (χ3n) is 4.39. The zero-order valence-corrected chi connectivity index (χ0v) is 12.9. The van der Waals surface area contributed by atoms with Gasteiger partial charge in [-0.2, -0.15) is 5.26 Å². The van der Waals surface area contributed by atoms with Crippen LogP contribution in [-0.2, 0) is 4.79 Å². The van der Waals surface area contributed by atoms with Crippen LogP contribution in [0.5, 0.6) is 0 Å². The van der Waals surface area contributed by atoms with Gasteiger partial charge in [0.05, 0.1) is 12.1 Å². The van der Waals surface area contributed by atoms with Crippen LogP contribution >= 0.6 is 0 Å². The molecule has 1 aliphatic rings. The van der Waals surface area contributed by atoms with E-state index in [0.29, 0.717) is 5.92 Å². The molecule has 0 saturated carbocycles. The highest BCUT2D eigenvalue weighted by Crippen LogP contribution is 2.19. The van der Waals surface area contributed by atoms with Gasteiger partial charge in [-0.1, -0.05) is 20.8 Å². The Balaban J connectivity index is 2.65. The van der Waals surface area contributed by atoms with Gasteiger partial charge in [-0.05, 0) is 45.1 Å².